The molecule has 1 aliphatic heterocycles. The predicted octanol–water partition coefficient (Wildman–Crippen LogP) is 1.83. The minimum absolute atomic E-state index is 0.118. The van der Waals surface area contributed by atoms with Crippen LogP contribution in [0.4, 0.5) is 0 Å². The molecule has 17 heavy (non-hydrogen) atoms. The molecule has 4 heteroatoms. The van der Waals surface area contributed by atoms with Gasteiger partial charge >= 0.3 is 5.97 Å². The summed E-state index contributed by atoms with van der Waals surface area (Å²) in [5.41, 5.74) is 0.625. The number of aliphatic carboxylic acids is 1. The predicted molar refractivity (Wildman–Crippen MR) is 62.2 cm³/mol. The molecule has 1 saturated heterocycles. The van der Waals surface area contributed by atoms with E-state index in [1.165, 1.54) is 0 Å². The Morgan fingerprint density at radius 1 is 1.29 bits per heavy atom. The van der Waals surface area contributed by atoms with Crippen LogP contribution in [-0.2, 0) is 14.9 Å². The van der Waals surface area contributed by atoms with Crippen LogP contribution < -0.4 is 0 Å². The van der Waals surface area contributed by atoms with E-state index < -0.39 is 11.4 Å². The second kappa shape index (κ2) is 4.37. The normalized spacial score (nSPS) is 18.9. The zero-order valence-corrected chi connectivity index (χ0v) is 9.77. The van der Waals surface area contributed by atoms with E-state index in [1.54, 1.807) is 12.1 Å². The molecule has 0 aliphatic carbocycles. The molecule has 0 atom stereocenters. The third kappa shape index (κ3) is 2.13. The number of aromatic hydroxyl groups is 1. The minimum atomic E-state index is -0.915. The molecule has 0 aromatic heterocycles. The molecular formula is C13H16O4. The van der Waals surface area contributed by atoms with Crippen molar-refractivity contribution in [3.63, 3.8) is 0 Å². The lowest BCUT2D eigenvalue weighted by atomic mass is 9.74. The summed E-state index contributed by atoms with van der Waals surface area (Å²) in [5.74, 6) is -0.724. The lowest BCUT2D eigenvalue weighted by molar-refractivity contribution is -0.147. The number of hydrogen-bond acceptors (Lipinski definition) is 3. The quantitative estimate of drug-likeness (QED) is 0.822. The molecule has 0 unspecified atom stereocenters. The molecule has 0 saturated carbocycles. The number of hydrogen-bond donors (Lipinski definition) is 2. The van der Waals surface area contributed by atoms with Gasteiger partial charge in [-0.15, -0.1) is 0 Å². The number of phenolic OH excluding ortho intramolecular Hbond substituents is 1. The first-order valence-electron chi connectivity index (χ1n) is 5.67. The van der Waals surface area contributed by atoms with E-state index in [-0.39, 0.29) is 5.75 Å². The number of carboxylic acid groups (broad SMARTS) is 1. The van der Waals surface area contributed by atoms with Crippen LogP contribution in [0, 0.1) is 6.92 Å². The maximum atomic E-state index is 11.6. The van der Waals surface area contributed by atoms with Gasteiger partial charge < -0.3 is 14.9 Å². The minimum Gasteiger partial charge on any atom is -0.508 e. The van der Waals surface area contributed by atoms with E-state index in [4.69, 9.17) is 4.74 Å². The maximum Gasteiger partial charge on any atom is 0.314 e. The third-order valence-corrected chi connectivity index (χ3v) is 3.37. The Kier molecular flexibility index (Phi) is 3.07. The first kappa shape index (κ1) is 11.9. The molecule has 0 amide bonds. The van der Waals surface area contributed by atoms with E-state index in [2.05, 4.69) is 0 Å². The van der Waals surface area contributed by atoms with Crippen molar-refractivity contribution in [1.29, 1.82) is 0 Å². The van der Waals surface area contributed by atoms with Crippen molar-refractivity contribution >= 4 is 5.97 Å². The van der Waals surface area contributed by atoms with Crippen LogP contribution in [0.5, 0.6) is 5.75 Å². The first-order valence-corrected chi connectivity index (χ1v) is 5.67. The number of phenols is 1. The molecule has 0 bridgehead atoms. The highest BCUT2D eigenvalue weighted by Gasteiger charge is 2.42. The van der Waals surface area contributed by atoms with Gasteiger partial charge in [-0.2, -0.15) is 0 Å². The Morgan fingerprint density at radius 3 is 2.47 bits per heavy atom. The van der Waals surface area contributed by atoms with Gasteiger partial charge in [0.15, 0.2) is 0 Å². The number of rotatable bonds is 2. The molecule has 1 heterocycles. The van der Waals surface area contributed by atoms with Gasteiger partial charge in [0, 0.05) is 13.2 Å². The topological polar surface area (TPSA) is 66.8 Å². The largest absolute Gasteiger partial charge is 0.508 e. The van der Waals surface area contributed by atoms with Crippen LogP contribution in [0.15, 0.2) is 18.2 Å². The van der Waals surface area contributed by atoms with Crippen LogP contribution in [0.3, 0.4) is 0 Å². The summed E-state index contributed by atoms with van der Waals surface area (Å²) in [6, 6.07) is 5.00. The van der Waals surface area contributed by atoms with Crippen molar-refractivity contribution in [3.8, 4) is 5.75 Å². The Balaban J connectivity index is 2.48. The van der Waals surface area contributed by atoms with Gasteiger partial charge in [-0.1, -0.05) is 6.07 Å². The fourth-order valence-electron chi connectivity index (χ4n) is 2.39. The molecule has 0 radical (unpaired) electrons. The van der Waals surface area contributed by atoms with Gasteiger partial charge in [0.05, 0.1) is 5.41 Å². The zero-order valence-electron chi connectivity index (χ0n) is 9.77. The highest BCUT2D eigenvalue weighted by molar-refractivity contribution is 5.81. The van der Waals surface area contributed by atoms with E-state index in [0.717, 1.165) is 5.56 Å². The van der Waals surface area contributed by atoms with Crippen molar-refractivity contribution in [1.82, 2.24) is 0 Å². The first-order chi connectivity index (χ1) is 8.04. The Labute approximate surface area is 99.8 Å². The van der Waals surface area contributed by atoms with Crippen LogP contribution in [-0.4, -0.2) is 29.4 Å². The van der Waals surface area contributed by atoms with Crippen molar-refractivity contribution < 1.29 is 19.7 Å². The number of aryl methyl sites for hydroxylation is 1. The number of carboxylic acids is 1. The second-order valence-electron chi connectivity index (χ2n) is 4.56. The van der Waals surface area contributed by atoms with Crippen molar-refractivity contribution in [3.05, 3.63) is 29.3 Å². The second-order valence-corrected chi connectivity index (χ2v) is 4.56. The van der Waals surface area contributed by atoms with Crippen LogP contribution >= 0.6 is 0 Å². The van der Waals surface area contributed by atoms with E-state index in [1.807, 2.05) is 13.0 Å². The fourth-order valence-corrected chi connectivity index (χ4v) is 2.39. The molecular weight excluding hydrogens is 220 g/mol. The lowest BCUT2D eigenvalue weighted by Crippen LogP contribution is -2.41. The van der Waals surface area contributed by atoms with Crippen LogP contribution in [0.1, 0.15) is 24.0 Å². The molecule has 1 aromatic rings. The maximum absolute atomic E-state index is 11.6. The smallest absolute Gasteiger partial charge is 0.314 e. The molecule has 2 rings (SSSR count). The van der Waals surface area contributed by atoms with Crippen molar-refractivity contribution in [2.24, 2.45) is 0 Å². The summed E-state index contributed by atoms with van der Waals surface area (Å²) in [4.78, 5) is 11.6. The van der Waals surface area contributed by atoms with Crippen LogP contribution in [0.25, 0.3) is 0 Å². The SMILES string of the molecule is Cc1cc(O)cc(C2(C(=O)O)CCOCC2)c1. The third-order valence-electron chi connectivity index (χ3n) is 3.37. The highest BCUT2D eigenvalue weighted by atomic mass is 16.5. The summed E-state index contributed by atoms with van der Waals surface area (Å²) in [6.45, 7) is 2.74. The molecule has 1 fully saturated rings. The average Bonchev–Trinajstić information content (AvgIpc) is 2.28. The fraction of sp³-hybridized carbons (Fsp3) is 0.462. The number of benzene rings is 1. The molecule has 92 valence electrons. The summed E-state index contributed by atoms with van der Waals surface area (Å²) >= 11 is 0. The van der Waals surface area contributed by atoms with Gasteiger partial charge in [0.25, 0.3) is 0 Å². The van der Waals surface area contributed by atoms with Gasteiger partial charge in [0.2, 0.25) is 0 Å². The van der Waals surface area contributed by atoms with E-state index >= 15 is 0 Å². The summed E-state index contributed by atoms with van der Waals surface area (Å²) in [5, 5.41) is 19.1. The molecule has 2 N–H and O–H groups in total. The van der Waals surface area contributed by atoms with Crippen LogP contribution in [0.2, 0.25) is 0 Å². The van der Waals surface area contributed by atoms with Gasteiger partial charge in [-0.05, 0) is 43.0 Å². The standard InChI is InChI=1S/C13H16O4/c1-9-6-10(8-11(14)7-9)13(12(15)16)2-4-17-5-3-13/h6-8,14H,2-5H2,1H3,(H,15,16). The van der Waals surface area contributed by atoms with Gasteiger partial charge in [-0.25, -0.2) is 0 Å². The average molecular weight is 236 g/mol. The molecule has 1 aromatic carbocycles. The molecule has 4 nitrogen and oxygen atoms in total. The Morgan fingerprint density at radius 2 is 1.94 bits per heavy atom. The summed E-state index contributed by atoms with van der Waals surface area (Å²) in [6.07, 6.45) is 0.899. The summed E-state index contributed by atoms with van der Waals surface area (Å²) < 4.78 is 5.23. The Bertz CT molecular complexity index is 413. The van der Waals surface area contributed by atoms with E-state index in [9.17, 15) is 15.0 Å². The number of carbonyl (C=O) groups is 1. The van der Waals surface area contributed by atoms with Crippen molar-refractivity contribution in [2.45, 2.75) is 25.2 Å². The molecule has 0 spiro atoms. The molecule has 1 aliphatic rings. The van der Waals surface area contributed by atoms with E-state index in [0.29, 0.717) is 31.6 Å². The number of ether oxygens (including phenoxy) is 1. The van der Waals surface area contributed by atoms with Crippen molar-refractivity contribution in [2.75, 3.05) is 13.2 Å². The highest BCUT2D eigenvalue weighted by Crippen LogP contribution is 2.37. The lowest BCUT2D eigenvalue weighted by Gasteiger charge is -2.33. The summed E-state index contributed by atoms with van der Waals surface area (Å²) in [7, 11) is 0. The van der Waals surface area contributed by atoms with Gasteiger partial charge in [0.1, 0.15) is 5.75 Å². The Hall–Kier alpha value is -1.55. The van der Waals surface area contributed by atoms with Gasteiger partial charge in [-0.3, -0.25) is 4.79 Å². The zero-order chi connectivity index (χ0) is 12.5. The monoisotopic (exact) mass is 236 g/mol.